The number of phenolic OH excluding ortho intramolecular Hbond substituents is 1. The molecular weight excluding hydrogens is 336 g/mol. The molecule has 0 saturated carbocycles. The lowest BCUT2D eigenvalue weighted by Gasteiger charge is -2.20. The molecule has 1 aromatic heterocycles. The van der Waals surface area contributed by atoms with Gasteiger partial charge >= 0.3 is 0 Å². The number of nitrogens with zero attached hydrogens (tertiary/aromatic N) is 1. The highest BCUT2D eigenvalue weighted by Gasteiger charge is 2.20. The van der Waals surface area contributed by atoms with Gasteiger partial charge in [0.05, 0.1) is 11.6 Å². The van der Waals surface area contributed by atoms with Crippen LogP contribution in [0.3, 0.4) is 0 Å². The van der Waals surface area contributed by atoms with Crippen molar-refractivity contribution >= 4 is 16.7 Å². The van der Waals surface area contributed by atoms with Gasteiger partial charge in [-0.2, -0.15) is 0 Å². The Labute approximate surface area is 157 Å². The third kappa shape index (κ3) is 3.51. The second-order valence-corrected chi connectivity index (χ2v) is 6.31. The van der Waals surface area contributed by atoms with Crippen LogP contribution < -0.4 is 5.32 Å². The summed E-state index contributed by atoms with van der Waals surface area (Å²) in [7, 11) is 0. The molecule has 2 N–H and O–H groups in total. The third-order valence-corrected chi connectivity index (χ3v) is 4.56. The molecule has 1 amide bonds. The summed E-state index contributed by atoms with van der Waals surface area (Å²) in [5.41, 5.74) is 2.13. The summed E-state index contributed by atoms with van der Waals surface area (Å²) >= 11 is 0. The fourth-order valence-corrected chi connectivity index (χ4v) is 3.18. The van der Waals surface area contributed by atoms with Crippen molar-refractivity contribution < 1.29 is 9.90 Å². The molecule has 27 heavy (non-hydrogen) atoms. The average molecular weight is 354 g/mol. The summed E-state index contributed by atoms with van der Waals surface area (Å²) in [4.78, 5) is 17.0. The Bertz CT molecular complexity index is 1040. The van der Waals surface area contributed by atoms with Crippen LogP contribution in [0.15, 0.2) is 91.3 Å². The SMILES string of the molecule is O=C(NC(c1ccccc1)c1ccncc1)c1cc2ccccc2cc1O. The molecule has 0 radical (unpaired) electrons. The Hall–Kier alpha value is -3.66. The van der Waals surface area contributed by atoms with E-state index in [4.69, 9.17) is 0 Å². The predicted octanol–water partition coefficient (Wildman–Crippen LogP) is 4.46. The normalized spacial score (nSPS) is 11.9. The van der Waals surface area contributed by atoms with Crippen LogP contribution in [-0.4, -0.2) is 16.0 Å². The number of carbonyl (C=O) groups is 1. The fourth-order valence-electron chi connectivity index (χ4n) is 3.18. The lowest BCUT2D eigenvalue weighted by Crippen LogP contribution is -2.29. The first-order valence-corrected chi connectivity index (χ1v) is 8.70. The molecule has 0 saturated heterocycles. The first-order chi connectivity index (χ1) is 13.2. The van der Waals surface area contributed by atoms with E-state index >= 15 is 0 Å². The van der Waals surface area contributed by atoms with E-state index in [2.05, 4.69) is 10.3 Å². The number of hydrogen-bond acceptors (Lipinski definition) is 3. The molecule has 4 rings (SSSR count). The maximum atomic E-state index is 13.0. The highest BCUT2D eigenvalue weighted by Crippen LogP contribution is 2.27. The van der Waals surface area contributed by atoms with Gasteiger partial charge in [0.2, 0.25) is 0 Å². The molecule has 1 heterocycles. The quantitative estimate of drug-likeness (QED) is 0.569. The van der Waals surface area contributed by atoms with Crippen molar-refractivity contribution in [2.45, 2.75) is 6.04 Å². The second-order valence-electron chi connectivity index (χ2n) is 6.31. The highest BCUT2D eigenvalue weighted by molar-refractivity contribution is 6.01. The maximum Gasteiger partial charge on any atom is 0.255 e. The minimum atomic E-state index is -0.340. The molecular formula is C23H18N2O2. The third-order valence-electron chi connectivity index (χ3n) is 4.56. The number of hydrogen-bond donors (Lipinski definition) is 2. The maximum absolute atomic E-state index is 13.0. The van der Waals surface area contributed by atoms with Gasteiger partial charge in [0.15, 0.2) is 0 Å². The molecule has 0 aliphatic carbocycles. The summed E-state index contributed by atoms with van der Waals surface area (Å²) in [6, 6.07) is 24.1. The molecule has 4 nitrogen and oxygen atoms in total. The number of amides is 1. The van der Waals surface area contributed by atoms with Gasteiger partial charge in [-0.1, -0.05) is 54.6 Å². The van der Waals surface area contributed by atoms with E-state index in [0.29, 0.717) is 0 Å². The van der Waals surface area contributed by atoms with Gasteiger partial charge in [-0.15, -0.1) is 0 Å². The van der Waals surface area contributed by atoms with E-state index in [1.165, 1.54) is 0 Å². The van der Waals surface area contributed by atoms with Crippen LogP contribution >= 0.6 is 0 Å². The van der Waals surface area contributed by atoms with Crippen molar-refractivity contribution in [3.8, 4) is 5.75 Å². The lowest BCUT2D eigenvalue weighted by molar-refractivity contribution is 0.0940. The largest absolute Gasteiger partial charge is 0.507 e. The molecule has 4 aromatic rings. The molecule has 3 aromatic carbocycles. The molecule has 0 spiro atoms. The summed E-state index contributed by atoms with van der Waals surface area (Å²) in [5, 5.41) is 15.2. The number of aromatic nitrogens is 1. The Morgan fingerprint density at radius 1 is 0.815 bits per heavy atom. The van der Waals surface area contributed by atoms with Crippen LogP contribution in [0.1, 0.15) is 27.5 Å². The second kappa shape index (κ2) is 7.30. The van der Waals surface area contributed by atoms with E-state index in [9.17, 15) is 9.90 Å². The molecule has 0 aliphatic rings. The van der Waals surface area contributed by atoms with Crippen molar-refractivity contribution in [3.63, 3.8) is 0 Å². The smallest absolute Gasteiger partial charge is 0.255 e. The monoisotopic (exact) mass is 354 g/mol. The summed E-state index contributed by atoms with van der Waals surface area (Å²) < 4.78 is 0. The number of pyridine rings is 1. The topological polar surface area (TPSA) is 62.2 Å². The number of carbonyl (C=O) groups excluding carboxylic acids is 1. The summed E-state index contributed by atoms with van der Waals surface area (Å²) in [5.74, 6) is -0.364. The van der Waals surface area contributed by atoms with E-state index in [0.717, 1.165) is 21.9 Å². The molecule has 0 bridgehead atoms. The number of fused-ring (bicyclic) bond motifs is 1. The zero-order valence-corrected chi connectivity index (χ0v) is 14.5. The van der Waals surface area contributed by atoms with Crippen LogP contribution in [0.4, 0.5) is 0 Å². The number of phenols is 1. The highest BCUT2D eigenvalue weighted by atomic mass is 16.3. The summed E-state index contributed by atoms with van der Waals surface area (Å²) in [6.07, 6.45) is 3.40. The van der Waals surface area contributed by atoms with E-state index < -0.39 is 0 Å². The molecule has 0 aliphatic heterocycles. The number of benzene rings is 3. The van der Waals surface area contributed by atoms with E-state index in [1.807, 2.05) is 66.7 Å². The Kier molecular flexibility index (Phi) is 4.54. The Balaban J connectivity index is 1.71. The molecule has 132 valence electrons. The van der Waals surface area contributed by atoms with Crippen LogP contribution in [0, 0.1) is 0 Å². The predicted molar refractivity (Wildman–Crippen MR) is 106 cm³/mol. The van der Waals surface area contributed by atoms with Gasteiger partial charge in [-0.25, -0.2) is 0 Å². The molecule has 1 unspecified atom stereocenters. The zero-order valence-electron chi connectivity index (χ0n) is 14.5. The fraction of sp³-hybridized carbons (Fsp3) is 0.0435. The van der Waals surface area contributed by atoms with Crippen molar-refractivity contribution in [2.24, 2.45) is 0 Å². The first-order valence-electron chi connectivity index (χ1n) is 8.70. The van der Waals surface area contributed by atoms with Crippen LogP contribution in [-0.2, 0) is 0 Å². The van der Waals surface area contributed by atoms with Crippen LogP contribution in [0.5, 0.6) is 5.75 Å². The molecule has 1 atom stereocenters. The van der Waals surface area contributed by atoms with Gasteiger partial charge in [0.25, 0.3) is 5.91 Å². The zero-order chi connectivity index (χ0) is 18.6. The minimum absolute atomic E-state index is 0.0345. The van der Waals surface area contributed by atoms with Crippen molar-refractivity contribution in [1.29, 1.82) is 0 Å². The number of nitrogens with one attached hydrogen (secondary N) is 1. The molecule has 4 heteroatoms. The van der Waals surface area contributed by atoms with E-state index in [1.54, 1.807) is 24.5 Å². The average Bonchev–Trinajstić information content (AvgIpc) is 2.72. The van der Waals surface area contributed by atoms with Gasteiger partial charge < -0.3 is 10.4 Å². The first kappa shape index (κ1) is 16.8. The lowest BCUT2D eigenvalue weighted by atomic mass is 9.98. The van der Waals surface area contributed by atoms with Gasteiger partial charge in [0.1, 0.15) is 5.75 Å². The van der Waals surface area contributed by atoms with Crippen molar-refractivity contribution in [1.82, 2.24) is 10.3 Å². The van der Waals surface area contributed by atoms with E-state index in [-0.39, 0.29) is 23.3 Å². The minimum Gasteiger partial charge on any atom is -0.507 e. The molecule has 0 fully saturated rings. The van der Waals surface area contributed by atoms with Gasteiger partial charge in [-0.05, 0) is 46.2 Å². The Morgan fingerprint density at radius 3 is 2.11 bits per heavy atom. The van der Waals surface area contributed by atoms with Gasteiger partial charge in [0, 0.05) is 12.4 Å². The van der Waals surface area contributed by atoms with Crippen LogP contribution in [0.25, 0.3) is 10.8 Å². The van der Waals surface area contributed by atoms with Crippen molar-refractivity contribution in [3.05, 3.63) is 108 Å². The number of rotatable bonds is 4. The van der Waals surface area contributed by atoms with Gasteiger partial charge in [-0.3, -0.25) is 9.78 Å². The standard InChI is InChI=1S/C23H18N2O2/c26-21-15-19-9-5-4-8-18(19)14-20(21)23(27)25-22(16-6-2-1-3-7-16)17-10-12-24-13-11-17/h1-15,22,26H,(H,25,27). The summed E-state index contributed by atoms with van der Waals surface area (Å²) in [6.45, 7) is 0. The van der Waals surface area contributed by atoms with Crippen molar-refractivity contribution in [2.75, 3.05) is 0 Å². The Morgan fingerprint density at radius 2 is 1.41 bits per heavy atom. The van der Waals surface area contributed by atoms with Crippen LogP contribution in [0.2, 0.25) is 0 Å². The number of aromatic hydroxyl groups is 1.